The Hall–Kier alpha value is -2.22. The van der Waals surface area contributed by atoms with Gasteiger partial charge in [-0.25, -0.2) is 0 Å². The number of hydrogen-bond acceptors (Lipinski definition) is 5. The van der Waals surface area contributed by atoms with Crippen molar-refractivity contribution in [1.29, 1.82) is 0 Å². The monoisotopic (exact) mass is 303 g/mol. The second-order valence-corrected chi connectivity index (χ2v) is 4.32. The quantitative estimate of drug-likeness (QED) is 0.793. The number of nitrogens with one attached hydrogen (secondary N) is 1. The van der Waals surface area contributed by atoms with E-state index in [1.54, 1.807) is 0 Å². The average Bonchev–Trinajstić information content (AvgIpc) is 2.25. The number of halogens is 4. The summed E-state index contributed by atoms with van der Waals surface area (Å²) in [6.07, 6.45) is -4.49. The van der Waals surface area contributed by atoms with Gasteiger partial charge in [-0.2, -0.15) is 23.1 Å². The van der Waals surface area contributed by atoms with Crippen molar-refractivity contribution in [3.05, 3.63) is 34.9 Å². The van der Waals surface area contributed by atoms with Gasteiger partial charge in [0.05, 0.1) is 5.56 Å². The van der Waals surface area contributed by atoms with Gasteiger partial charge >= 0.3 is 6.18 Å². The number of aromatic nitrogens is 2. The molecule has 106 valence electrons. The van der Waals surface area contributed by atoms with Crippen LogP contribution in [0.3, 0.4) is 0 Å². The van der Waals surface area contributed by atoms with Gasteiger partial charge < -0.3 is 16.8 Å². The fourth-order valence-electron chi connectivity index (χ4n) is 1.52. The van der Waals surface area contributed by atoms with E-state index in [0.717, 1.165) is 12.1 Å². The van der Waals surface area contributed by atoms with E-state index in [2.05, 4.69) is 15.3 Å². The summed E-state index contributed by atoms with van der Waals surface area (Å²) in [7, 11) is 0. The zero-order chi connectivity index (χ0) is 14.9. The van der Waals surface area contributed by atoms with Crippen LogP contribution in [0, 0.1) is 0 Å². The van der Waals surface area contributed by atoms with Crippen LogP contribution in [-0.2, 0) is 6.18 Å². The largest absolute Gasteiger partial charge is 0.416 e. The number of nitrogens with zero attached hydrogens (tertiary/aromatic N) is 2. The third-order valence-electron chi connectivity index (χ3n) is 2.26. The first kappa shape index (κ1) is 14.2. The van der Waals surface area contributed by atoms with Crippen molar-refractivity contribution in [2.75, 3.05) is 16.8 Å². The molecule has 1 heterocycles. The molecule has 0 amide bonds. The highest BCUT2D eigenvalue weighted by atomic mass is 35.5. The number of nitrogens with two attached hydrogens (primary N) is 2. The van der Waals surface area contributed by atoms with E-state index < -0.39 is 11.7 Å². The molecule has 2 aromatic rings. The number of anilines is 4. The lowest BCUT2D eigenvalue weighted by Gasteiger charge is -2.11. The molecule has 0 unspecified atom stereocenters. The molecule has 0 radical (unpaired) electrons. The number of benzene rings is 1. The van der Waals surface area contributed by atoms with Crippen LogP contribution in [0.25, 0.3) is 0 Å². The van der Waals surface area contributed by atoms with E-state index in [-0.39, 0.29) is 28.3 Å². The minimum atomic E-state index is -4.49. The third kappa shape index (κ3) is 3.41. The predicted molar refractivity (Wildman–Crippen MR) is 70.6 cm³/mol. The van der Waals surface area contributed by atoms with E-state index in [1.807, 2.05) is 0 Å². The van der Waals surface area contributed by atoms with Gasteiger partial charge in [0, 0.05) is 16.8 Å². The molecule has 0 spiro atoms. The van der Waals surface area contributed by atoms with Gasteiger partial charge in [0.1, 0.15) is 11.6 Å². The molecular weight excluding hydrogens is 295 g/mol. The first-order valence-electron chi connectivity index (χ1n) is 5.29. The summed E-state index contributed by atoms with van der Waals surface area (Å²) >= 11 is 5.66. The van der Waals surface area contributed by atoms with E-state index >= 15 is 0 Å². The van der Waals surface area contributed by atoms with Crippen LogP contribution in [0.4, 0.5) is 36.4 Å². The SMILES string of the molecule is Nc1cc(Nc2cc(Cl)cc(C(F)(F)F)c2)nc(N)n1. The molecule has 0 aliphatic rings. The highest BCUT2D eigenvalue weighted by Gasteiger charge is 2.31. The lowest BCUT2D eigenvalue weighted by molar-refractivity contribution is -0.137. The molecule has 0 atom stereocenters. The molecule has 1 aromatic heterocycles. The highest BCUT2D eigenvalue weighted by Crippen LogP contribution is 2.34. The van der Waals surface area contributed by atoms with Crippen molar-refractivity contribution >= 4 is 34.9 Å². The molecule has 1 aromatic carbocycles. The lowest BCUT2D eigenvalue weighted by Crippen LogP contribution is -2.06. The fourth-order valence-corrected chi connectivity index (χ4v) is 1.76. The number of nitrogen functional groups attached to an aromatic ring is 2. The normalized spacial score (nSPS) is 11.4. The Kier molecular flexibility index (Phi) is 3.58. The minimum Gasteiger partial charge on any atom is -0.383 e. The first-order valence-corrected chi connectivity index (χ1v) is 5.67. The van der Waals surface area contributed by atoms with Crippen LogP contribution in [0.2, 0.25) is 5.02 Å². The Bertz CT molecular complexity index is 624. The maximum atomic E-state index is 12.7. The molecule has 0 saturated heterocycles. The van der Waals surface area contributed by atoms with Crippen LogP contribution in [0.5, 0.6) is 0 Å². The number of rotatable bonds is 2. The van der Waals surface area contributed by atoms with Crippen molar-refractivity contribution in [1.82, 2.24) is 9.97 Å². The average molecular weight is 304 g/mol. The molecule has 0 saturated carbocycles. The molecule has 0 aliphatic heterocycles. The first-order chi connectivity index (χ1) is 9.24. The van der Waals surface area contributed by atoms with Gasteiger partial charge in [-0.15, -0.1) is 0 Å². The Morgan fingerprint density at radius 1 is 1.05 bits per heavy atom. The highest BCUT2D eigenvalue weighted by molar-refractivity contribution is 6.31. The maximum absolute atomic E-state index is 12.7. The van der Waals surface area contributed by atoms with Crippen LogP contribution >= 0.6 is 11.6 Å². The third-order valence-corrected chi connectivity index (χ3v) is 2.48. The lowest BCUT2D eigenvalue weighted by atomic mass is 10.2. The summed E-state index contributed by atoms with van der Waals surface area (Å²) in [4.78, 5) is 7.45. The van der Waals surface area contributed by atoms with Gasteiger partial charge in [-0.05, 0) is 18.2 Å². The zero-order valence-electron chi connectivity index (χ0n) is 9.87. The van der Waals surface area contributed by atoms with Gasteiger partial charge in [0.25, 0.3) is 0 Å². The summed E-state index contributed by atoms with van der Waals surface area (Å²) in [6.45, 7) is 0. The molecule has 0 bridgehead atoms. The van der Waals surface area contributed by atoms with Crippen molar-refractivity contribution in [3.63, 3.8) is 0 Å². The molecule has 0 aliphatic carbocycles. The van der Waals surface area contributed by atoms with Gasteiger partial charge in [0.15, 0.2) is 0 Å². The van der Waals surface area contributed by atoms with E-state index in [0.29, 0.717) is 0 Å². The van der Waals surface area contributed by atoms with Gasteiger partial charge in [-0.3, -0.25) is 0 Å². The van der Waals surface area contributed by atoms with Crippen molar-refractivity contribution in [2.45, 2.75) is 6.18 Å². The van der Waals surface area contributed by atoms with Crippen molar-refractivity contribution in [3.8, 4) is 0 Å². The van der Waals surface area contributed by atoms with Gasteiger partial charge in [0.2, 0.25) is 5.95 Å². The minimum absolute atomic E-state index is 0.0580. The molecular formula is C11H9ClF3N5. The van der Waals surface area contributed by atoms with Gasteiger partial charge in [-0.1, -0.05) is 11.6 Å². The van der Waals surface area contributed by atoms with E-state index in [4.69, 9.17) is 23.1 Å². The summed E-state index contributed by atoms with van der Waals surface area (Å²) < 4.78 is 38.0. The number of alkyl halides is 3. The Morgan fingerprint density at radius 3 is 2.35 bits per heavy atom. The van der Waals surface area contributed by atoms with Crippen molar-refractivity contribution in [2.24, 2.45) is 0 Å². The van der Waals surface area contributed by atoms with E-state index in [9.17, 15) is 13.2 Å². The molecule has 9 heteroatoms. The number of hydrogen-bond donors (Lipinski definition) is 3. The molecule has 0 fully saturated rings. The Balaban J connectivity index is 2.36. The predicted octanol–water partition coefficient (Wildman–Crippen LogP) is 3.06. The van der Waals surface area contributed by atoms with Crippen LogP contribution < -0.4 is 16.8 Å². The Morgan fingerprint density at radius 2 is 1.75 bits per heavy atom. The van der Waals surface area contributed by atoms with Crippen LogP contribution in [0.1, 0.15) is 5.56 Å². The van der Waals surface area contributed by atoms with Crippen LogP contribution in [-0.4, -0.2) is 9.97 Å². The molecule has 5 nitrogen and oxygen atoms in total. The van der Waals surface area contributed by atoms with E-state index in [1.165, 1.54) is 12.1 Å². The summed E-state index contributed by atoms with van der Waals surface area (Å²) in [5, 5.41) is 2.59. The summed E-state index contributed by atoms with van der Waals surface area (Å²) in [6, 6.07) is 4.39. The van der Waals surface area contributed by atoms with Crippen LogP contribution in [0.15, 0.2) is 24.3 Å². The summed E-state index contributed by atoms with van der Waals surface area (Å²) in [5.74, 6) is 0.175. The zero-order valence-corrected chi connectivity index (χ0v) is 10.6. The maximum Gasteiger partial charge on any atom is 0.416 e. The van der Waals surface area contributed by atoms with Crippen molar-refractivity contribution < 1.29 is 13.2 Å². The molecule has 5 N–H and O–H groups in total. The molecule has 2 rings (SSSR count). The second kappa shape index (κ2) is 5.04. The standard InChI is InChI=1S/C11H9ClF3N5/c12-6-1-5(11(13,14)15)2-7(3-6)18-9-4-8(16)19-10(17)20-9/h1-4H,(H5,16,17,18,19,20). The Labute approximate surface area is 116 Å². The smallest absolute Gasteiger partial charge is 0.383 e. The summed E-state index contributed by atoms with van der Waals surface area (Å²) in [5.41, 5.74) is 10.1. The molecule has 20 heavy (non-hydrogen) atoms. The fraction of sp³-hybridized carbons (Fsp3) is 0.0909. The topological polar surface area (TPSA) is 89.8 Å². The second-order valence-electron chi connectivity index (χ2n) is 3.89.